The summed E-state index contributed by atoms with van der Waals surface area (Å²) < 4.78 is 5.77. The van der Waals surface area contributed by atoms with Gasteiger partial charge in [0.1, 0.15) is 18.2 Å². The van der Waals surface area contributed by atoms with Crippen molar-refractivity contribution in [2.75, 3.05) is 18.1 Å². The summed E-state index contributed by atoms with van der Waals surface area (Å²) in [5.41, 5.74) is 8.11. The second kappa shape index (κ2) is 5.51. The Hall–Kier alpha value is -2.07. The van der Waals surface area contributed by atoms with Crippen molar-refractivity contribution in [2.24, 2.45) is 5.73 Å². The van der Waals surface area contributed by atoms with Gasteiger partial charge in [-0.15, -0.1) is 0 Å². The predicted octanol–water partition coefficient (Wildman–Crippen LogP) is 2.50. The Labute approximate surface area is 119 Å². The first-order valence-electron chi connectivity index (χ1n) is 6.91. The SMILES string of the molecule is C[C@H](N)c1ccc(N2CCOc3ccccc3C2)nc1. The molecule has 0 saturated carbocycles. The first kappa shape index (κ1) is 12.9. The number of pyridine rings is 1. The van der Waals surface area contributed by atoms with Crippen LogP contribution in [0.2, 0.25) is 0 Å². The van der Waals surface area contributed by atoms with Gasteiger partial charge in [-0.05, 0) is 24.6 Å². The molecule has 0 aliphatic carbocycles. The first-order valence-corrected chi connectivity index (χ1v) is 6.91. The van der Waals surface area contributed by atoms with Gasteiger partial charge < -0.3 is 15.4 Å². The van der Waals surface area contributed by atoms with Crippen LogP contribution in [-0.4, -0.2) is 18.1 Å². The van der Waals surface area contributed by atoms with E-state index in [2.05, 4.69) is 16.0 Å². The van der Waals surface area contributed by atoms with Gasteiger partial charge >= 0.3 is 0 Å². The van der Waals surface area contributed by atoms with Gasteiger partial charge in [0.2, 0.25) is 0 Å². The van der Waals surface area contributed by atoms with Crippen LogP contribution in [0.3, 0.4) is 0 Å². The summed E-state index contributed by atoms with van der Waals surface area (Å²) in [7, 11) is 0. The molecule has 2 N–H and O–H groups in total. The molecule has 0 spiro atoms. The van der Waals surface area contributed by atoms with Crippen LogP contribution in [0.4, 0.5) is 5.82 Å². The Bertz CT molecular complexity index is 581. The summed E-state index contributed by atoms with van der Waals surface area (Å²) in [5, 5.41) is 0. The number of nitrogens with two attached hydrogens (primary N) is 1. The van der Waals surface area contributed by atoms with Gasteiger partial charge in [0, 0.05) is 24.3 Å². The molecule has 1 atom stereocenters. The normalized spacial score (nSPS) is 16.0. The van der Waals surface area contributed by atoms with E-state index in [1.54, 1.807) is 0 Å². The van der Waals surface area contributed by atoms with Gasteiger partial charge in [-0.25, -0.2) is 4.98 Å². The third-order valence-electron chi connectivity index (χ3n) is 3.57. The zero-order chi connectivity index (χ0) is 13.9. The summed E-state index contributed by atoms with van der Waals surface area (Å²) in [6.45, 7) is 4.29. The number of ether oxygens (including phenoxy) is 1. The molecule has 3 rings (SSSR count). The number of benzene rings is 1. The van der Waals surface area contributed by atoms with E-state index in [1.807, 2.05) is 43.5 Å². The van der Waals surface area contributed by atoms with E-state index in [4.69, 9.17) is 10.5 Å². The molecule has 0 radical (unpaired) electrons. The van der Waals surface area contributed by atoms with Gasteiger partial charge in [0.25, 0.3) is 0 Å². The molecule has 104 valence electrons. The van der Waals surface area contributed by atoms with Crippen molar-refractivity contribution in [3.05, 3.63) is 53.7 Å². The molecule has 0 fully saturated rings. The Morgan fingerprint density at radius 1 is 1.25 bits per heavy atom. The minimum atomic E-state index is 0.0183. The van der Waals surface area contributed by atoms with Crippen molar-refractivity contribution in [1.82, 2.24) is 4.98 Å². The van der Waals surface area contributed by atoms with Crippen LogP contribution in [0, 0.1) is 0 Å². The van der Waals surface area contributed by atoms with Crippen LogP contribution < -0.4 is 15.4 Å². The molecule has 2 heterocycles. The standard InChI is InChI=1S/C16H19N3O/c1-12(17)13-6-7-16(18-10-13)19-8-9-20-15-5-3-2-4-14(15)11-19/h2-7,10,12H,8-9,11,17H2,1H3/t12-/m0/s1. The largest absolute Gasteiger partial charge is 0.491 e. The molecule has 1 aromatic heterocycles. The number of rotatable bonds is 2. The fourth-order valence-corrected chi connectivity index (χ4v) is 2.38. The van der Waals surface area contributed by atoms with Crippen molar-refractivity contribution in [3.8, 4) is 5.75 Å². The molecule has 1 aliphatic rings. The molecule has 0 bridgehead atoms. The number of nitrogens with zero attached hydrogens (tertiary/aromatic N) is 2. The van der Waals surface area contributed by atoms with Crippen molar-refractivity contribution in [1.29, 1.82) is 0 Å². The minimum absolute atomic E-state index is 0.0183. The van der Waals surface area contributed by atoms with Crippen LogP contribution in [0.25, 0.3) is 0 Å². The van der Waals surface area contributed by atoms with Gasteiger partial charge in [-0.1, -0.05) is 24.3 Å². The van der Waals surface area contributed by atoms with Crippen LogP contribution in [0.5, 0.6) is 5.75 Å². The summed E-state index contributed by atoms with van der Waals surface area (Å²) in [5.74, 6) is 1.94. The molecule has 2 aromatic rings. The van der Waals surface area contributed by atoms with Gasteiger partial charge in [0.15, 0.2) is 0 Å². The molecule has 1 aromatic carbocycles. The first-order chi connectivity index (χ1) is 9.74. The highest BCUT2D eigenvalue weighted by molar-refractivity contribution is 5.44. The number of aromatic nitrogens is 1. The van der Waals surface area contributed by atoms with Gasteiger partial charge in [-0.2, -0.15) is 0 Å². The number of anilines is 1. The molecular formula is C16H19N3O. The third kappa shape index (κ3) is 2.60. The Morgan fingerprint density at radius 2 is 2.10 bits per heavy atom. The summed E-state index contributed by atoms with van der Waals surface area (Å²) >= 11 is 0. The van der Waals surface area contributed by atoms with E-state index in [0.717, 1.165) is 30.2 Å². The lowest BCUT2D eigenvalue weighted by Gasteiger charge is -2.21. The maximum absolute atomic E-state index is 5.86. The number of hydrogen-bond acceptors (Lipinski definition) is 4. The van der Waals surface area contributed by atoms with Crippen molar-refractivity contribution >= 4 is 5.82 Å². The second-order valence-corrected chi connectivity index (χ2v) is 5.12. The summed E-state index contributed by atoms with van der Waals surface area (Å²) in [6, 6.07) is 12.3. The molecule has 0 amide bonds. The van der Waals surface area contributed by atoms with E-state index < -0.39 is 0 Å². The number of fused-ring (bicyclic) bond motifs is 1. The molecular weight excluding hydrogens is 250 g/mol. The van der Waals surface area contributed by atoms with E-state index in [1.165, 1.54) is 5.56 Å². The molecule has 0 saturated heterocycles. The zero-order valence-electron chi connectivity index (χ0n) is 11.6. The highest BCUT2D eigenvalue weighted by Crippen LogP contribution is 2.25. The average Bonchev–Trinajstić information content (AvgIpc) is 2.69. The fraction of sp³-hybridized carbons (Fsp3) is 0.312. The molecule has 1 aliphatic heterocycles. The van der Waals surface area contributed by atoms with Crippen LogP contribution in [0.15, 0.2) is 42.6 Å². The highest BCUT2D eigenvalue weighted by Gasteiger charge is 2.16. The smallest absolute Gasteiger partial charge is 0.128 e. The fourth-order valence-electron chi connectivity index (χ4n) is 2.38. The van der Waals surface area contributed by atoms with Crippen LogP contribution in [0.1, 0.15) is 24.1 Å². The number of hydrogen-bond donors (Lipinski definition) is 1. The van der Waals surface area contributed by atoms with E-state index in [9.17, 15) is 0 Å². The molecule has 4 nitrogen and oxygen atoms in total. The number of para-hydroxylation sites is 1. The van der Waals surface area contributed by atoms with E-state index in [0.29, 0.717) is 6.61 Å². The van der Waals surface area contributed by atoms with Crippen molar-refractivity contribution in [2.45, 2.75) is 19.5 Å². The second-order valence-electron chi connectivity index (χ2n) is 5.12. The zero-order valence-corrected chi connectivity index (χ0v) is 11.6. The maximum atomic E-state index is 5.86. The Balaban J connectivity index is 1.84. The van der Waals surface area contributed by atoms with E-state index >= 15 is 0 Å². The molecule has 4 heteroatoms. The van der Waals surface area contributed by atoms with E-state index in [-0.39, 0.29) is 6.04 Å². The summed E-state index contributed by atoms with van der Waals surface area (Å²) in [6.07, 6.45) is 1.86. The topological polar surface area (TPSA) is 51.4 Å². The van der Waals surface area contributed by atoms with Gasteiger partial charge in [-0.3, -0.25) is 0 Å². The quantitative estimate of drug-likeness (QED) is 0.910. The Kier molecular flexibility index (Phi) is 3.56. The highest BCUT2D eigenvalue weighted by atomic mass is 16.5. The lowest BCUT2D eigenvalue weighted by Crippen LogP contribution is -2.26. The predicted molar refractivity (Wildman–Crippen MR) is 79.8 cm³/mol. The van der Waals surface area contributed by atoms with Crippen LogP contribution in [-0.2, 0) is 6.54 Å². The third-order valence-corrected chi connectivity index (χ3v) is 3.57. The minimum Gasteiger partial charge on any atom is -0.491 e. The molecule has 20 heavy (non-hydrogen) atoms. The lowest BCUT2D eigenvalue weighted by atomic mass is 10.1. The lowest BCUT2D eigenvalue weighted by molar-refractivity contribution is 0.331. The van der Waals surface area contributed by atoms with Crippen molar-refractivity contribution in [3.63, 3.8) is 0 Å². The maximum Gasteiger partial charge on any atom is 0.128 e. The van der Waals surface area contributed by atoms with Crippen LogP contribution >= 0.6 is 0 Å². The monoisotopic (exact) mass is 269 g/mol. The van der Waals surface area contributed by atoms with Crippen molar-refractivity contribution < 1.29 is 4.74 Å². The Morgan fingerprint density at radius 3 is 2.85 bits per heavy atom. The average molecular weight is 269 g/mol. The summed E-state index contributed by atoms with van der Waals surface area (Å²) in [4.78, 5) is 6.76. The molecule has 0 unspecified atom stereocenters. The van der Waals surface area contributed by atoms with Gasteiger partial charge in [0.05, 0.1) is 6.54 Å².